The second-order valence-electron chi connectivity index (χ2n) is 4.84. The molecule has 0 radical (unpaired) electrons. The van der Waals surface area contributed by atoms with E-state index in [-0.39, 0.29) is 5.75 Å². The van der Waals surface area contributed by atoms with Gasteiger partial charge in [0.15, 0.2) is 0 Å². The number of phenols is 1. The maximum Gasteiger partial charge on any atom is 0.340 e. The number of hydrogen-bond donors (Lipinski definition) is 2. The van der Waals surface area contributed by atoms with Crippen LogP contribution >= 0.6 is 0 Å². The molecule has 0 spiro atoms. The van der Waals surface area contributed by atoms with Crippen LogP contribution in [0.3, 0.4) is 0 Å². The average Bonchev–Trinajstić information content (AvgIpc) is 2.68. The van der Waals surface area contributed by atoms with Crippen LogP contribution in [0.2, 0.25) is 0 Å². The summed E-state index contributed by atoms with van der Waals surface area (Å²) >= 11 is 0. The Hall–Kier alpha value is -2.01. The number of aromatic amines is 1. The van der Waals surface area contributed by atoms with E-state index < -0.39 is 5.97 Å². The van der Waals surface area contributed by atoms with Gasteiger partial charge in [0.2, 0.25) is 0 Å². The maximum atomic E-state index is 11.9. The van der Waals surface area contributed by atoms with Crippen molar-refractivity contribution in [1.82, 2.24) is 9.88 Å². The predicted octanol–water partition coefficient (Wildman–Crippen LogP) is 2.03. The Labute approximate surface area is 111 Å². The molecule has 1 aromatic heterocycles. The third kappa shape index (κ3) is 2.29. The van der Waals surface area contributed by atoms with Crippen molar-refractivity contribution in [1.29, 1.82) is 0 Å². The molecular weight excluding hydrogens is 244 g/mol. The van der Waals surface area contributed by atoms with E-state index in [0.717, 1.165) is 22.2 Å². The van der Waals surface area contributed by atoms with Gasteiger partial charge in [-0.3, -0.25) is 0 Å². The van der Waals surface area contributed by atoms with Crippen molar-refractivity contribution in [2.45, 2.75) is 13.5 Å². The third-order valence-corrected chi connectivity index (χ3v) is 3.10. The van der Waals surface area contributed by atoms with Crippen LogP contribution in [0.1, 0.15) is 21.6 Å². The van der Waals surface area contributed by atoms with Crippen LogP contribution in [0.25, 0.3) is 10.9 Å². The highest BCUT2D eigenvalue weighted by atomic mass is 16.5. The number of aromatic hydroxyl groups is 1. The number of carbonyl (C=O) groups is 1. The van der Waals surface area contributed by atoms with Crippen molar-refractivity contribution < 1.29 is 14.6 Å². The predicted molar refractivity (Wildman–Crippen MR) is 73.4 cm³/mol. The van der Waals surface area contributed by atoms with Crippen molar-refractivity contribution in [3.63, 3.8) is 0 Å². The molecule has 1 heterocycles. The molecule has 2 rings (SSSR count). The van der Waals surface area contributed by atoms with E-state index in [1.807, 2.05) is 25.9 Å². The lowest BCUT2D eigenvalue weighted by Gasteiger charge is -2.13. The fourth-order valence-corrected chi connectivity index (χ4v) is 2.31. The lowest BCUT2D eigenvalue weighted by Crippen LogP contribution is -2.12. The monoisotopic (exact) mass is 262 g/mol. The number of esters is 1. The summed E-state index contributed by atoms with van der Waals surface area (Å²) in [7, 11) is 5.18. The molecule has 102 valence electrons. The Bertz CT molecular complexity index is 629. The van der Waals surface area contributed by atoms with Gasteiger partial charge in [-0.1, -0.05) is 0 Å². The molecule has 0 bridgehead atoms. The number of aryl methyl sites for hydroxylation is 1. The van der Waals surface area contributed by atoms with E-state index in [9.17, 15) is 9.90 Å². The number of ether oxygens (including phenoxy) is 1. The Kier molecular flexibility index (Phi) is 3.48. The van der Waals surface area contributed by atoms with Gasteiger partial charge >= 0.3 is 5.97 Å². The number of hydrogen-bond acceptors (Lipinski definition) is 4. The van der Waals surface area contributed by atoms with E-state index in [4.69, 9.17) is 4.74 Å². The third-order valence-electron chi connectivity index (χ3n) is 3.10. The summed E-state index contributed by atoms with van der Waals surface area (Å²) in [5.74, 6) is -0.209. The summed E-state index contributed by atoms with van der Waals surface area (Å²) < 4.78 is 4.83. The Balaban J connectivity index is 2.77. The summed E-state index contributed by atoms with van der Waals surface area (Å²) in [5.41, 5.74) is 2.79. The van der Waals surface area contributed by atoms with Crippen LogP contribution in [-0.2, 0) is 11.3 Å². The van der Waals surface area contributed by atoms with Crippen molar-refractivity contribution in [2.24, 2.45) is 0 Å². The van der Waals surface area contributed by atoms with Crippen molar-refractivity contribution >= 4 is 16.9 Å². The average molecular weight is 262 g/mol. The molecule has 2 N–H and O–H groups in total. The van der Waals surface area contributed by atoms with Crippen LogP contribution in [0.5, 0.6) is 5.75 Å². The molecule has 0 atom stereocenters. The standard InChI is InChI=1S/C14H18N2O3/c1-8-12(14(18)19-4)13-9(7-16(2)3)11(17)6-5-10(13)15-8/h5-6,15,17H,7H2,1-4H3. The number of carbonyl (C=O) groups excluding carboxylic acids is 1. The zero-order valence-corrected chi connectivity index (χ0v) is 11.6. The van der Waals surface area contributed by atoms with E-state index in [1.165, 1.54) is 7.11 Å². The number of nitrogens with zero attached hydrogens (tertiary/aromatic N) is 1. The molecule has 0 unspecified atom stereocenters. The minimum atomic E-state index is -0.394. The van der Waals surface area contributed by atoms with Gasteiger partial charge in [-0.15, -0.1) is 0 Å². The van der Waals surface area contributed by atoms with E-state index in [2.05, 4.69) is 4.98 Å². The zero-order valence-electron chi connectivity index (χ0n) is 11.6. The van der Waals surface area contributed by atoms with Crippen LogP contribution in [0, 0.1) is 6.92 Å². The molecule has 19 heavy (non-hydrogen) atoms. The second-order valence-corrected chi connectivity index (χ2v) is 4.84. The van der Waals surface area contributed by atoms with E-state index >= 15 is 0 Å². The summed E-state index contributed by atoms with van der Waals surface area (Å²) in [6, 6.07) is 3.40. The first-order valence-corrected chi connectivity index (χ1v) is 6.01. The minimum Gasteiger partial charge on any atom is -0.508 e. The number of rotatable bonds is 3. The van der Waals surface area contributed by atoms with Gasteiger partial charge in [0.05, 0.1) is 12.7 Å². The Morgan fingerprint density at radius 3 is 2.68 bits per heavy atom. The molecule has 0 amide bonds. The van der Waals surface area contributed by atoms with Crippen molar-refractivity contribution in [2.75, 3.05) is 21.2 Å². The summed E-state index contributed by atoms with van der Waals surface area (Å²) in [4.78, 5) is 17.0. The number of H-pyrrole nitrogens is 1. The van der Waals surface area contributed by atoms with Gasteiger partial charge < -0.3 is 19.7 Å². The summed E-state index contributed by atoms with van der Waals surface area (Å²) in [6.07, 6.45) is 0. The highest BCUT2D eigenvalue weighted by molar-refractivity contribution is 6.07. The summed E-state index contributed by atoms with van der Waals surface area (Å²) in [6.45, 7) is 2.37. The number of aromatic nitrogens is 1. The van der Waals surface area contributed by atoms with Crippen molar-refractivity contribution in [3.8, 4) is 5.75 Å². The van der Waals surface area contributed by atoms with E-state index in [0.29, 0.717) is 12.1 Å². The molecule has 0 aliphatic carbocycles. The normalized spacial score (nSPS) is 11.2. The smallest absolute Gasteiger partial charge is 0.340 e. The molecule has 2 aromatic rings. The molecule has 5 heteroatoms. The SMILES string of the molecule is COC(=O)c1c(C)[nH]c2ccc(O)c(CN(C)C)c12. The van der Waals surface area contributed by atoms with Crippen LogP contribution < -0.4 is 0 Å². The number of fused-ring (bicyclic) bond motifs is 1. The van der Waals surface area contributed by atoms with Crippen LogP contribution in [0.15, 0.2) is 12.1 Å². The second kappa shape index (κ2) is 4.93. The van der Waals surface area contributed by atoms with Gasteiger partial charge in [0.25, 0.3) is 0 Å². The number of benzene rings is 1. The number of methoxy groups -OCH3 is 1. The van der Waals surface area contributed by atoms with Gasteiger partial charge in [0, 0.05) is 28.7 Å². The molecule has 5 nitrogen and oxygen atoms in total. The molecule has 0 fully saturated rings. The van der Waals surface area contributed by atoms with Crippen LogP contribution in [0.4, 0.5) is 0 Å². The highest BCUT2D eigenvalue weighted by Crippen LogP contribution is 2.32. The Morgan fingerprint density at radius 1 is 1.42 bits per heavy atom. The van der Waals surface area contributed by atoms with E-state index in [1.54, 1.807) is 12.1 Å². The lowest BCUT2D eigenvalue weighted by molar-refractivity contribution is 0.0602. The molecule has 1 aromatic carbocycles. The van der Waals surface area contributed by atoms with Crippen molar-refractivity contribution in [3.05, 3.63) is 29.0 Å². The topological polar surface area (TPSA) is 65.6 Å². The van der Waals surface area contributed by atoms with Gasteiger partial charge in [-0.05, 0) is 33.2 Å². The summed E-state index contributed by atoms with van der Waals surface area (Å²) in [5, 5.41) is 10.8. The van der Waals surface area contributed by atoms with Gasteiger partial charge in [-0.25, -0.2) is 4.79 Å². The number of phenolic OH excluding ortho intramolecular Hbond substituents is 1. The quantitative estimate of drug-likeness (QED) is 0.831. The molecule has 0 saturated carbocycles. The highest BCUT2D eigenvalue weighted by Gasteiger charge is 2.21. The number of nitrogens with one attached hydrogen (secondary N) is 1. The van der Waals surface area contributed by atoms with Gasteiger partial charge in [-0.2, -0.15) is 0 Å². The molecular formula is C14H18N2O3. The Morgan fingerprint density at radius 2 is 2.11 bits per heavy atom. The lowest BCUT2D eigenvalue weighted by atomic mass is 10.0. The molecule has 0 aliphatic heterocycles. The minimum absolute atomic E-state index is 0.186. The largest absolute Gasteiger partial charge is 0.508 e. The fourth-order valence-electron chi connectivity index (χ4n) is 2.31. The first-order chi connectivity index (χ1) is 8.95. The first-order valence-electron chi connectivity index (χ1n) is 6.01. The zero-order chi connectivity index (χ0) is 14.2. The molecule has 0 aliphatic rings. The fraction of sp³-hybridized carbons (Fsp3) is 0.357. The first kappa shape index (κ1) is 13.4. The maximum absolute atomic E-state index is 11.9. The molecule has 0 saturated heterocycles. The van der Waals surface area contributed by atoms with Crippen LogP contribution in [-0.4, -0.2) is 42.2 Å². The van der Waals surface area contributed by atoms with Gasteiger partial charge in [0.1, 0.15) is 5.75 Å².